The van der Waals surface area contributed by atoms with E-state index >= 15 is 0 Å². The van der Waals surface area contributed by atoms with Gasteiger partial charge in [-0.25, -0.2) is 0 Å². The second-order valence-corrected chi connectivity index (χ2v) is 6.32. The van der Waals surface area contributed by atoms with Gasteiger partial charge in [-0.2, -0.15) is 5.26 Å². The van der Waals surface area contributed by atoms with Gasteiger partial charge in [-0.05, 0) is 59.8 Å². The van der Waals surface area contributed by atoms with Crippen LogP contribution in [0, 0.1) is 18.3 Å². The van der Waals surface area contributed by atoms with Gasteiger partial charge in [-0.3, -0.25) is 4.79 Å². The van der Waals surface area contributed by atoms with E-state index in [1.807, 2.05) is 32.9 Å². The fourth-order valence-corrected chi connectivity index (χ4v) is 3.32. The number of hydrogen-bond donors (Lipinski definition) is 0. The third-order valence-electron chi connectivity index (χ3n) is 3.91. The van der Waals surface area contributed by atoms with Gasteiger partial charge in [0.15, 0.2) is 0 Å². The highest BCUT2D eigenvalue weighted by molar-refractivity contribution is 9.10. The van der Waals surface area contributed by atoms with Crippen LogP contribution in [0.3, 0.4) is 0 Å². The largest absolute Gasteiger partial charge is 0.426 e. The van der Waals surface area contributed by atoms with E-state index < -0.39 is 5.41 Å². The lowest BCUT2D eigenvalue weighted by molar-refractivity contribution is -0.137. The number of ether oxygens (including phenoxy) is 1. The van der Waals surface area contributed by atoms with Gasteiger partial charge in [0.25, 0.3) is 0 Å². The van der Waals surface area contributed by atoms with Crippen molar-refractivity contribution in [2.24, 2.45) is 0 Å². The van der Waals surface area contributed by atoms with Gasteiger partial charge in [0.05, 0.1) is 17.0 Å². The average Bonchev–Trinajstić information content (AvgIpc) is 2.64. The summed E-state index contributed by atoms with van der Waals surface area (Å²) in [6, 6.07) is 7.73. The van der Waals surface area contributed by atoms with Gasteiger partial charge in [-0.15, -0.1) is 0 Å². The maximum absolute atomic E-state index is 12.0. The fraction of sp³-hybridized carbons (Fsp3) is 0.250. The van der Waals surface area contributed by atoms with E-state index in [0.717, 1.165) is 26.4 Å². The van der Waals surface area contributed by atoms with Gasteiger partial charge in [0, 0.05) is 15.4 Å². The molecular formula is C16H12BrNO2. The molecule has 1 heterocycles. The van der Waals surface area contributed by atoms with Crippen molar-refractivity contribution in [2.75, 3.05) is 0 Å². The lowest BCUT2D eigenvalue weighted by Gasteiger charge is -2.17. The Morgan fingerprint density at radius 2 is 2.05 bits per heavy atom. The summed E-state index contributed by atoms with van der Waals surface area (Å²) in [5.41, 5.74) is 1.72. The van der Waals surface area contributed by atoms with Crippen molar-refractivity contribution in [3.05, 3.63) is 39.4 Å². The van der Waals surface area contributed by atoms with E-state index in [9.17, 15) is 10.1 Å². The standard InChI is InChI=1S/C16H12BrNO2/c1-8-10(7-18)6-9-4-5-11-13(12(9)14(8)17)16(2,3)15(19)20-11/h4-6H,1-3H3. The molecule has 0 atom stereocenters. The normalized spacial score (nSPS) is 15.8. The Hall–Kier alpha value is -1.86. The van der Waals surface area contributed by atoms with Gasteiger partial charge in [0.2, 0.25) is 0 Å². The topological polar surface area (TPSA) is 50.1 Å². The third kappa shape index (κ3) is 1.53. The van der Waals surface area contributed by atoms with Crippen molar-refractivity contribution in [3.63, 3.8) is 0 Å². The first kappa shape index (κ1) is 13.1. The second kappa shape index (κ2) is 4.07. The third-order valence-corrected chi connectivity index (χ3v) is 4.90. The van der Waals surface area contributed by atoms with Crippen LogP contribution < -0.4 is 4.74 Å². The van der Waals surface area contributed by atoms with E-state index in [0.29, 0.717) is 11.3 Å². The van der Waals surface area contributed by atoms with Crippen LogP contribution in [0.5, 0.6) is 5.75 Å². The number of nitrogens with zero attached hydrogens (tertiary/aromatic N) is 1. The molecule has 3 rings (SSSR count). The van der Waals surface area contributed by atoms with Gasteiger partial charge >= 0.3 is 5.97 Å². The molecule has 4 heteroatoms. The summed E-state index contributed by atoms with van der Waals surface area (Å²) in [5, 5.41) is 11.1. The highest BCUT2D eigenvalue weighted by Crippen LogP contribution is 2.46. The van der Waals surface area contributed by atoms with E-state index in [1.54, 1.807) is 6.07 Å². The number of esters is 1. The number of fused-ring (bicyclic) bond motifs is 3. The zero-order chi connectivity index (χ0) is 14.7. The highest BCUT2D eigenvalue weighted by Gasteiger charge is 2.42. The first-order valence-corrected chi connectivity index (χ1v) is 7.06. The van der Waals surface area contributed by atoms with Gasteiger partial charge in [0.1, 0.15) is 5.75 Å². The SMILES string of the molecule is Cc1c(C#N)cc2ccc3c(c2c1Br)C(C)(C)C(=O)O3. The Balaban J connectivity index is 2.51. The molecule has 1 aliphatic heterocycles. The maximum Gasteiger partial charge on any atom is 0.321 e. The number of benzene rings is 2. The van der Waals surface area contributed by atoms with E-state index in [1.165, 1.54) is 0 Å². The van der Waals surface area contributed by atoms with E-state index in [2.05, 4.69) is 22.0 Å². The number of rotatable bonds is 0. The lowest BCUT2D eigenvalue weighted by atomic mass is 9.82. The smallest absolute Gasteiger partial charge is 0.321 e. The Kier molecular flexibility index (Phi) is 2.67. The molecule has 0 N–H and O–H groups in total. The monoisotopic (exact) mass is 329 g/mol. The molecule has 1 aliphatic rings. The molecule has 0 unspecified atom stereocenters. The van der Waals surface area contributed by atoms with Crippen molar-refractivity contribution >= 4 is 32.7 Å². The maximum atomic E-state index is 12.0. The summed E-state index contributed by atoms with van der Waals surface area (Å²) in [6.07, 6.45) is 0. The quantitative estimate of drug-likeness (QED) is 0.542. The lowest BCUT2D eigenvalue weighted by Crippen LogP contribution is -2.26. The molecule has 0 amide bonds. The van der Waals surface area contributed by atoms with Crippen molar-refractivity contribution in [1.82, 2.24) is 0 Å². The van der Waals surface area contributed by atoms with Crippen LogP contribution in [0.15, 0.2) is 22.7 Å². The molecule has 0 aromatic heterocycles. The van der Waals surface area contributed by atoms with Crippen LogP contribution in [0.2, 0.25) is 0 Å². The summed E-state index contributed by atoms with van der Waals surface area (Å²) in [4.78, 5) is 12.0. The summed E-state index contributed by atoms with van der Waals surface area (Å²) in [7, 11) is 0. The number of nitriles is 1. The van der Waals surface area contributed by atoms with Crippen molar-refractivity contribution in [3.8, 4) is 11.8 Å². The summed E-state index contributed by atoms with van der Waals surface area (Å²) in [6.45, 7) is 5.62. The van der Waals surface area contributed by atoms with Gasteiger partial charge < -0.3 is 4.74 Å². The zero-order valence-electron chi connectivity index (χ0n) is 11.4. The van der Waals surface area contributed by atoms with Crippen LogP contribution in [-0.2, 0) is 10.2 Å². The molecule has 0 spiro atoms. The van der Waals surface area contributed by atoms with Crippen molar-refractivity contribution in [1.29, 1.82) is 5.26 Å². The molecular weight excluding hydrogens is 318 g/mol. The van der Waals surface area contributed by atoms with Crippen LogP contribution in [0.25, 0.3) is 10.8 Å². The summed E-state index contributed by atoms with van der Waals surface area (Å²) in [5.74, 6) is 0.367. The molecule has 0 fully saturated rings. The molecule has 3 nitrogen and oxygen atoms in total. The fourth-order valence-electron chi connectivity index (χ4n) is 2.68. The Labute approximate surface area is 125 Å². The molecule has 2 aromatic rings. The minimum Gasteiger partial charge on any atom is -0.426 e. The number of hydrogen-bond acceptors (Lipinski definition) is 3. The molecule has 0 radical (unpaired) electrons. The molecule has 0 saturated heterocycles. The predicted molar refractivity (Wildman–Crippen MR) is 79.8 cm³/mol. The molecule has 2 aromatic carbocycles. The van der Waals surface area contributed by atoms with Crippen LogP contribution >= 0.6 is 15.9 Å². The molecule has 0 bridgehead atoms. The van der Waals surface area contributed by atoms with Crippen LogP contribution in [-0.4, -0.2) is 5.97 Å². The molecule has 0 aliphatic carbocycles. The predicted octanol–water partition coefficient (Wildman–Crippen LogP) is 3.98. The molecule has 0 saturated carbocycles. The summed E-state index contributed by atoms with van der Waals surface area (Å²) < 4.78 is 6.21. The van der Waals surface area contributed by atoms with E-state index in [-0.39, 0.29) is 5.97 Å². The van der Waals surface area contributed by atoms with E-state index in [4.69, 9.17) is 4.74 Å². The van der Waals surface area contributed by atoms with Crippen molar-refractivity contribution < 1.29 is 9.53 Å². The Morgan fingerprint density at radius 3 is 2.70 bits per heavy atom. The van der Waals surface area contributed by atoms with Crippen molar-refractivity contribution in [2.45, 2.75) is 26.2 Å². The van der Waals surface area contributed by atoms with Gasteiger partial charge in [-0.1, -0.05) is 6.07 Å². The first-order valence-electron chi connectivity index (χ1n) is 6.26. The minimum atomic E-state index is -0.683. The highest BCUT2D eigenvalue weighted by atomic mass is 79.9. The number of halogens is 1. The average molecular weight is 330 g/mol. The van der Waals surface area contributed by atoms with Crippen LogP contribution in [0.1, 0.15) is 30.5 Å². The molecule has 20 heavy (non-hydrogen) atoms. The zero-order valence-corrected chi connectivity index (χ0v) is 13.0. The number of carbonyl (C=O) groups excluding carboxylic acids is 1. The molecule has 100 valence electrons. The minimum absolute atomic E-state index is 0.242. The van der Waals surface area contributed by atoms with Crippen LogP contribution in [0.4, 0.5) is 0 Å². The number of carbonyl (C=O) groups is 1. The summed E-state index contributed by atoms with van der Waals surface area (Å²) >= 11 is 3.58. The Morgan fingerprint density at radius 1 is 1.35 bits per heavy atom. The first-order chi connectivity index (χ1) is 9.37. The second-order valence-electron chi connectivity index (χ2n) is 5.53. The Bertz CT molecular complexity index is 816.